The van der Waals surface area contributed by atoms with Crippen LogP contribution in [-0.2, 0) is 22.6 Å². The molecule has 2 aromatic carbocycles. The minimum atomic E-state index is -1.07. The Kier molecular flexibility index (Phi) is 7.32. The molecule has 1 aliphatic rings. The molecule has 158 valence electrons. The van der Waals surface area contributed by atoms with Crippen molar-refractivity contribution in [1.29, 1.82) is 0 Å². The monoisotopic (exact) mass is 410 g/mol. The molecular formula is C23H26N2O5. The third-order valence-corrected chi connectivity index (χ3v) is 5.12. The van der Waals surface area contributed by atoms with E-state index in [-0.39, 0.29) is 43.6 Å². The molecule has 0 radical (unpaired) electrons. The lowest BCUT2D eigenvalue weighted by Gasteiger charge is -2.14. The molecular weight excluding hydrogens is 384 g/mol. The van der Waals surface area contributed by atoms with Crippen molar-refractivity contribution in [1.82, 2.24) is 4.90 Å². The van der Waals surface area contributed by atoms with Crippen LogP contribution in [0.25, 0.3) is 0 Å². The van der Waals surface area contributed by atoms with Crippen molar-refractivity contribution in [3.63, 3.8) is 0 Å². The Morgan fingerprint density at radius 2 is 1.70 bits per heavy atom. The number of carbonyl (C=O) groups excluding carboxylic acids is 3. The van der Waals surface area contributed by atoms with Gasteiger partial charge in [0.1, 0.15) is 11.9 Å². The first-order valence-electron chi connectivity index (χ1n) is 9.99. The highest BCUT2D eigenvalue weighted by Crippen LogP contribution is 2.16. The molecule has 3 N–H and O–H groups in total. The maximum Gasteiger partial charge on any atom is 0.226 e. The van der Waals surface area contributed by atoms with Crippen molar-refractivity contribution in [2.45, 2.75) is 31.9 Å². The number of rotatable bonds is 9. The largest absolute Gasteiger partial charge is 0.493 e. The van der Waals surface area contributed by atoms with E-state index >= 15 is 0 Å². The van der Waals surface area contributed by atoms with E-state index in [1.807, 2.05) is 48.5 Å². The molecule has 1 amide bonds. The number of ether oxygens (including phenoxy) is 1. The summed E-state index contributed by atoms with van der Waals surface area (Å²) in [5, 5.41) is 9.41. The second-order valence-corrected chi connectivity index (χ2v) is 7.32. The second-order valence-electron chi connectivity index (χ2n) is 7.32. The number of β-amino-alcohol motifs (C(OH)–C–C–N with tert-alkyl or cyclic N) is 1. The molecule has 7 heteroatoms. The van der Waals surface area contributed by atoms with E-state index in [2.05, 4.69) is 0 Å². The summed E-state index contributed by atoms with van der Waals surface area (Å²) in [6.07, 6.45) is 0.109. The fourth-order valence-corrected chi connectivity index (χ4v) is 3.25. The van der Waals surface area contributed by atoms with Crippen LogP contribution in [-0.4, -0.2) is 53.3 Å². The summed E-state index contributed by atoms with van der Waals surface area (Å²) >= 11 is 0. The quantitative estimate of drug-likeness (QED) is 0.607. The molecule has 1 heterocycles. The maximum atomic E-state index is 12.3. The van der Waals surface area contributed by atoms with Gasteiger partial charge >= 0.3 is 0 Å². The number of hydrogen-bond donors (Lipinski definition) is 2. The minimum Gasteiger partial charge on any atom is -0.493 e. The molecule has 0 spiro atoms. The van der Waals surface area contributed by atoms with Crippen molar-refractivity contribution in [2.24, 2.45) is 5.73 Å². The molecule has 2 aromatic rings. The van der Waals surface area contributed by atoms with E-state index in [1.54, 1.807) is 0 Å². The van der Waals surface area contributed by atoms with Crippen LogP contribution in [0.15, 0.2) is 48.5 Å². The Morgan fingerprint density at radius 3 is 2.30 bits per heavy atom. The molecule has 1 aliphatic heterocycles. The zero-order valence-corrected chi connectivity index (χ0v) is 16.8. The van der Waals surface area contributed by atoms with Crippen molar-refractivity contribution in [3.8, 4) is 5.75 Å². The average Bonchev–Trinajstić information content (AvgIpc) is 3.11. The maximum absolute atomic E-state index is 12.3. The van der Waals surface area contributed by atoms with Crippen LogP contribution in [0.1, 0.15) is 34.3 Å². The molecule has 3 rings (SSSR count). The highest BCUT2D eigenvalue weighted by Gasteiger charge is 2.31. The number of benzene rings is 2. The Morgan fingerprint density at radius 1 is 1.03 bits per heavy atom. The topological polar surface area (TPSA) is 110 Å². The fraction of sp³-hybridized carbons (Fsp3) is 0.348. The number of nitrogens with two attached hydrogens (primary N) is 1. The van der Waals surface area contributed by atoms with E-state index in [0.717, 1.165) is 11.1 Å². The molecule has 1 fully saturated rings. The van der Waals surface area contributed by atoms with E-state index in [9.17, 15) is 19.5 Å². The number of amides is 1. The average molecular weight is 410 g/mol. The van der Waals surface area contributed by atoms with Crippen LogP contribution in [0.5, 0.6) is 5.75 Å². The molecule has 0 aromatic heterocycles. The van der Waals surface area contributed by atoms with Gasteiger partial charge in [0.15, 0.2) is 11.6 Å². The van der Waals surface area contributed by atoms with Crippen LogP contribution in [0, 0.1) is 0 Å². The van der Waals surface area contributed by atoms with E-state index in [1.165, 1.54) is 4.90 Å². The normalized spacial score (nSPS) is 16.0. The zero-order chi connectivity index (χ0) is 21.5. The molecule has 1 saturated heterocycles. The third kappa shape index (κ3) is 5.75. The van der Waals surface area contributed by atoms with Crippen molar-refractivity contribution in [2.75, 3.05) is 19.7 Å². The summed E-state index contributed by atoms with van der Waals surface area (Å²) in [7, 11) is 0. The molecule has 1 atom stereocenters. The van der Waals surface area contributed by atoms with Gasteiger partial charge in [0.05, 0.1) is 26.1 Å². The van der Waals surface area contributed by atoms with Crippen LogP contribution >= 0.6 is 0 Å². The standard InChI is InChI=1S/C23H26N2O5/c24-13-17-1-6-18(7-2-17)20(26)10-5-16-3-8-19(9-4-16)30-12-11-23(29)25-14-21(27)22(28)15-25/h1-4,6-9,21,27H,5,10-15,24H2/t21-/m0/s1. The van der Waals surface area contributed by atoms with E-state index in [0.29, 0.717) is 30.7 Å². The summed E-state index contributed by atoms with van der Waals surface area (Å²) in [6, 6.07) is 14.8. The summed E-state index contributed by atoms with van der Waals surface area (Å²) in [6.45, 7) is 0.668. The molecule has 30 heavy (non-hydrogen) atoms. The molecule has 0 saturated carbocycles. The lowest BCUT2D eigenvalue weighted by molar-refractivity contribution is -0.132. The van der Waals surface area contributed by atoms with Gasteiger partial charge in [0, 0.05) is 18.5 Å². The first-order chi connectivity index (χ1) is 14.5. The Bertz CT molecular complexity index is 893. The number of hydrogen-bond acceptors (Lipinski definition) is 6. The van der Waals surface area contributed by atoms with Gasteiger partial charge in [0.25, 0.3) is 0 Å². The molecule has 0 aliphatic carbocycles. The predicted octanol–water partition coefficient (Wildman–Crippen LogP) is 1.50. The van der Waals surface area contributed by atoms with E-state index in [4.69, 9.17) is 10.5 Å². The highest BCUT2D eigenvalue weighted by atomic mass is 16.5. The van der Waals surface area contributed by atoms with Gasteiger partial charge in [-0.05, 0) is 29.7 Å². The number of Topliss-reactive ketones (excluding diaryl/α,β-unsaturated/α-hetero) is 2. The van der Waals surface area contributed by atoms with Gasteiger partial charge in [-0.1, -0.05) is 36.4 Å². The minimum absolute atomic E-state index is 0.0371. The molecule has 0 bridgehead atoms. The number of carbonyl (C=O) groups is 3. The Hall–Kier alpha value is -3.03. The van der Waals surface area contributed by atoms with Crippen molar-refractivity contribution in [3.05, 3.63) is 65.2 Å². The number of aliphatic hydroxyl groups is 1. The smallest absolute Gasteiger partial charge is 0.226 e. The predicted molar refractivity (Wildman–Crippen MR) is 111 cm³/mol. The van der Waals surface area contributed by atoms with Gasteiger partial charge in [-0.3, -0.25) is 14.4 Å². The van der Waals surface area contributed by atoms with Crippen LogP contribution in [0.2, 0.25) is 0 Å². The van der Waals surface area contributed by atoms with Gasteiger partial charge < -0.3 is 20.5 Å². The molecule has 7 nitrogen and oxygen atoms in total. The number of ketones is 2. The lowest BCUT2D eigenvalue weighted by Crippen LogP contribution is -2.30. The first kappa shape index (κ1) is 21.7. The van der Waals surface area contributed by atoms with Gasteiger partial charge in [0.2, 0.25) is 5.91 Å². The highest BCUT2D eigenvalue weighted by molar-refractivity contribution is 5.96. The summed E-state index contributed by atoms with van der Waals surface area (Å²) in [5.74, 6) is 0.177. The Labute approximate surface area is 175 Å². The van der Waals surface area contributed by atoms with Gasteiger partial charge in [-0.15, -0.1) is 0 Å². The fourth-order valence-electron chi connectivity index (χ4n) is 3.25. The third-order valence-electron chi connectivity index (χ3n) is 5.12. The SMILES string of the molecule is NCc1ccc(C(=O)CCc2ccc(OCCC(=O)N3CC(=O)[C@@H](O)C3)cc2)cc1. The molecule has 0 unspecified atom stereocenters. The van der Waals surface area contributed by atoms with Gasteiger partial charge in [-0.2, -0.15) is 0 Å². The van der Waals surface area contributed by atoms with Crippen LogP contribution in [0.3, 0.4) is 0 Å². The van der Waals surface area contributed by atoms with E-state index < -0.39 is 6.10 Å². The number of aliphatic hydroxyl groups excluding tert-OH is 1. The van der Waals surface area contributed by atoms with Crippen LogP contribution in [0.4, 0.5) is 0 Å². The number of aryl methyl sites for hydroxylation is 1. The zero-order valence-electron chi connectivity index (χ0n) is 16.8. The van der Waals surface area contributed by atoms with Crippen molar-refractivity contribution < 1.29 is 24.2 Å². The summed E-state index contributed by atoms with van der Waals surface area (Å²) in [5.41, 5.74) is 8.27. The summed E-state index contributed by atoms with van der Waals surface area (Å²) in [4.78, 5) is 37.0. The lowest BCUT2D eigenvalue weighted by atomic mass is 10.0. The second kappa shape index (κ2) is 10.1. The first-order valence-corrected chi connectivity index (χ1v) is 9.99. The van der Waals surface area contributed by atoms with Gasteiger partial charge in [-0.25, -0.2) is 0 Å². The van der Waals surface area contributed by atoms with Crippen molar-refractivity contribution >= 4 is 17.5 Å². The summed E-state index contributed by atoms with van der Waals surface area (Å²) < 4.78 is 5.59. The Balaban J connectivity index is 1.40. The van der Waals surface area contributed by atoms with Crippen LogP contribution < -0.4 is 10.5 Å². The number of nitrogens with zero attached hydrogens (tertiary/aromatic N) is 1. The number of likely N-dealkylation sites (tertiary alicyclic amines) is 1.